The highest BCUT2D eigenvalue weighted by Gasteiger charge is 2.24. The molecule has 0 aliphatic heterocycles. The van der Waals surface area contributed by atoms with Crippen molar-refractivity contribution < 1.29 is 4.79 Å². The van der Waals surface area contributed by atoms with Crippen molar-refractivity contribution in [2.45, 2.75) is 45.6 Å². The highest BCUT2D eigenvalue weighted by atomic mass is 16.1. The Morgan fingerprint density at radius 3 is 2.69 bits per heavy atom. The Bertz CT molecular complexity index is 411. The lowest BCUT2D eigenvalue weighted by molar-refractivity contribution is 0.0949. The van der Waals surface area contributed by atoms with Gasteiger partial charge in [-0.05, 0) is 19.8 Å². The van der Waals surface area contributed by atoms with Crippen molar-refractivity contribution in [1.29, 1.82) is 0 Å². The molecule has 1 amide bonds. The molecule has 1 aromatic heterocycles. The monoisotopic (exact) mass is 219 g/mol. The SMILES string of the molecule is Cc1nc(C(C)C)ncc1C(=O)NC1CC1. The number of nitrogens with zero attached hydrogens (tertiary/aromatic N) is 2. The van der Waals surface area contributed by atoms with E-state index in [9.17, 15) is 4.79 Å². The second-order valence-corrected chi connectivity index (χ2v) is 4.63. The van der Waals surface area contributed by atoms with Gasteiger partial charge in [-0.15, -0.1) is 0 Å². The van der Waals surface area contributed by atoms with Gasteiger partial charge in [0.2, 0.25) is 0 Å². The zero-order chi connectivity index (χ0) is 11.7. The van der Waals surface area contributed by atoms with E-state index >= 15 is 0 Å². The Hall–Kier alpha value is -1.45. The van der Waals surface area contributed by atoms with E-state index in [4.69, 9.17) is 0 Å². The number of aromatic nitrogens is 2. The van der Waals surface area contributed by atoms with E-state index < -0.39 is 0 Å². The van der Waals surface area contributed by atoms with Crippen molar-refractivity contribution in [3.8, 4) is 0 Å². The quantitative estimate of drug-likeness (QED) is 0.843. The fourth-order valence-corrected chi connectivity index (χ4v) is 1.48. The lowest BCUT2D eigenvalue weighted by Gasteiger charge is -2.08. The molecule has 4 nitrogen and oxygen atoms in total. The molecular weight excluding hydrogens is 202 g/mol. The maximum Gasteiger partial charge on any atom is 0.254 e. The molecule has 0 spiro atoms. The van der Waals surface area contributed by atoms with Crippen LogP contribution in [0.25, 0.3) is 0 Å². The molecule has 16 heavy (non-hydrogen) atoms. The van der Waals surface area contributed by atoms with Gasteiger partial charge in [0.05, 0.1) is 11.3 Å². The van der Waals surface area contributed by atoms with Crippen molar-refractivity contribution in [3.05, 3.63) is 23.3 Å². The van der Waals surface area contributed by atoms with Gasteiger partial charge < -0.3 is 5.32 Å². The van der Waals surface area contributed by atoms with E-state index in [2.05, 4.69) is 15.3 Å². The van der Waals surface area contributed by atoms with Gasteiger partial charge in [-0.3, -0.25) is 4.79 Å². The number of rotatable bonds is 3. The van der Waals surface area contributed by atoms with Crippen LogP contribution in [0.15, 0.2) is 6.20 Å². The number of hydrogen-bond donors (Lipinski definition) is 1. The first-order valence-electron chi connectivity index (χ1n) is 5.72. The molecule has 1 aliphatic rings. The number of carbonyl (C=O) groups is 1. The summed E-state index contributed by atoms with van der Waals surface area (Å²) in [6.07, 6.45) is 3.82. The minimum atomic E-state index is -0.0460. The summed E-state index contributed by atoms with van der Waals surface area (Å²) >= 11 is 0. The van der Waals surface area contributed by atoms with Crippen LogP contribution in [-0.2, 0) is 0 Å². The molecule has 1 fully saturated rings. The van der Waals surface area contributed by atoms with Crippen LogP contribution in [0.4, 0.5) is 0 Å². The van der Waals surface area contributed by atoms with Crippen LogP contribution in [0.5, 0.6) is 0 Å². The van der Waals surface area contributed by atoms with Gasteiger partial charge in [-0.25, -0.2) is 9.97 Å². The molecular formula is C12H17N3O. The molecule has 0 bridgehead atoms. The second-order valence-electron chi connectivity index (χ2n) is 4.63. The molecule has 2 rings (SSSR count). The molecule has 0 aromatic carbocycles. The van der Waals surface area contributed by atoms with Gasteiger partial charge in [0.15, 0.2) is 0 Å². The van der Waals surface area contributed by atoms with Crippen LogP contribution in [-0.4, -0.2) is 21.9 Å². The first kappa shape index (κ1) is 11.0. The van der Waals surface area contributed by atoms with Crippen LogP contribution >= 0.6 is 0 Å². The van der Waals surface area contributed by atoms with Crippen LogP contribution < -0.4 is 5.32 Å². The third-order valence-corrected chi connectivity index (χ3v) is 2.67. The summed E-state index contributed by atoms with van der Waals surface area (Å²) in [7, 11) is 0. The van der Waals surface area contributed by atoms with E-state index in [1.807, 2.05) is 20.8 Å². The van der Waals surface area contributed by atoms with E-state index in [0.717, 1.165) is 24.4 Å². The first-order valence-corrected chi connectivity index (χ1v) is 5.72. The summed E-state index contributed by atoms with van der Waals surface area (Å²) in [5.74, 6) is 1.04. The van der Waals surface area contributed by atoms with E-state index in [0.29, 0.717) is 17.5 Å². The molecule has 4 heteroatoms. The number of carbonyl (C=O) groups excluding carboxylic acids is 1. The van der Waals surface area contributed by atoms with Crippen LogP contribution in [0.1, 0.15) is 54.5 Å². The third kappa shape index (κ3) is 2.38. The van der Waals surface area contributed by atoms with Crippen molar-refractivity contribution in [3.63, 3.8) is 0 Å². The number of hydrogen-bond acceptors (Lipinski definition) is 3. The Balaban J connectivity index is 2.17. The third-order valence-electron chi connectivity index (χ3n) is 2.67. The summed E-state index contributed by atoms with van der Waals surface area (Å²) in [6.45, 7) is 5.94. The number of aryl methyl sites for hydroxylation is 1. The molecule has 86 valence electrons. The topological polar surface area (TPSA) is 54.9 Å². The zero-order valence-electron chi connectivity index (χ0n) is 9.95. The molecule has 1 N–H and O–H groups in total. The van der Waals surface area contributed by atoms with Crippen LogP contribution in [0.2, 0.25) is 0 Å². The van der Waals surface area contributed by atoms with Gasteiger partial charge in [0, 0.05) is 18.2 Å². The lowest BCUT2D eigenvalue weighted by Crippen LogP contribution is -2.26. The zero-order valence-corrected chi connectivity index (χ0v) is 9.95. The Morgan fingerprint density at radius 2 is 2.19 bits per heavy atom. The van der Waals surface area contributed by atoms with E-state index in [1.165, 1.54) is 0 Å². The Labute approximate surface area is 95.5 Å². The van der Waals surface area contributed by atoms with Crippen molar-refractivity contribution in [2.75, 3.05) is 0 Å². The normalized spacial score (nSPS) is 15.2. The van der Waals surface area contributed by atoms with Gasteiger partial charge in [-0.1, -0.05) is 13.8 Å². The van der Waals surface area contributed by atoms with Crippen molar-refractivity contribution >= 4 is 5.91 Å². The van der Waals surface area contributed by atoms with Gasteiger partial charge in [0.25, 0.3) is 5.91 Å². The molecule has 1 aliphatic carbocycles. The standard InChI is InChI=1S/C12H17N3O/c1-7(2)11-13-6-10(8(3)14-11)12(16)15-9-4-5-9/h6-7,9H,4-5H2,1-3H3,(H,15,16). The van der Waals surface area contributed by atoms with E-state index in [1.54, 1.807) is 6.20 Å². The van der Waals surface area contributed by atoms with Crippen LogP contribution in [0.3, 0.4) is 0 Å². The predicted octanol–water partition coefficient (Wildman–Crippen LogP) is 1.80. The Kier molecular flexibility index (Phi) is 2.90. The highest BCUT2D eigenvalue weighted by molar-refractivity contribution is 5.95. The number of amides is 1. The molecule has 1 heterocycles. The summed E-state index contributed by atoms with van der Waals surface area (Å²) in [6, 6.07) is 0.372. The minimum absolute atomic E-state index is 0.0460. The summed E-state index contributed by atoms with van der Waals surface area (Å²) in [4.78, 5) is 20.4. The minimum Gasteiger partial charge on any atom is -0.349 e. The molecule has 1 aromatic rings. The predicted molar refractivity (Wildman–Crippen MR) is 61.3 cm³/mol. The second kappa shape index (κ2) is 4.20. The van der Waals surface area contributed by atoms with Gasteiger partial charge in [-0.2, -0.15) is 0 Å². The maximum absolute atomic E-state index is 11.8. The fraction of sp³-hybridized carbons (Fsp3) is 0.583. The summed E-state index contributed by atoms with van der Waals surface area (Å²) in [5.41, 5.74) is 1.35. The average Bonchev–Trinajstić information content (AvgIpc) is 3.01. The highest BCUT2D eigenvalue weighted by Crippen LogP contribution is 2.20. The molecule has 0 atom stereocenters. The molecule has 0 unspecified atom stereocenters. The van der Waals surface area contributed by atoms with Gasteiger partial charge in [0.1, 0.15) is 5.82 Å². The van der Waals surface area contributed by atoms with Crippen molar-refractivity contribution in [1.82, 2.24) is 15.3 Å². The Morgan fingerprint density at radius 1 is 1.50 bits per heavy atom. The largest absolute Gasteiger partial charge is 0.349 e. The van der Waals surface area contributed by atoms with E-state index in [-0.39, 0.29) is 5.91 Å². The maximum atomic E-state index is 11.8. The summed E-state index contributed by atoms with van der Waals surface area (Å²) < 4.78 is 0. The summed E-state index contributed by atoms with van der Waals surface area (Å²) in [5, 5.41) is 2.94. The van der Waals surface area contributed by atoms with Crippen molar-refractivity contribution in [2.24, 2.45) is 0 Å². The van der Waals surface area contributed by atoms with Gasteiger partial charge >= 0.3 is 0 Å². The smallest absolute Gasteiger partial charge is 0.254 e. The molecule has 1 saturated carbocycles. The van der Waals surface area contributed by atoms with Crippen LogP contribution in [0, 0.1) is 6.92 Å². The lowest BCUT2D eigenvalue weighted by atomic mass is 10.1. The fourth-order valence-electron chi connectivity index (χ4n) is 1.48. The molecule has 0 radical (unpaired) electrons. The number of nitrogens with one attached hydrogen (secondary N) is 1. The average molecular weight is 219 g/mol. The molecule has 0 saturated heterocycles. The first-order chi connectivity index (χ1) is 7.58.